The number of carbonyl (C=O) groups excluding carboxylic acids is 3. The van der Waals surface area contributed by atoms with Crippen LogP contribution in [-0.4, -0.2) is 37.2 Å². The number of rotatable bonds is 49. The van der Waals surface area contributed by atoms with Crippen molar-refractivity contribution in [2.75, 3.05) is 13.2 Å². The molecule has 0 rings (SSSR count). The Morgan fingerprint density at radius 2 is 0.662 bits per heavy atom. The molecule has 0 aromatic carbocycles. The summed E-state index contributed by atoms with van der Waals surface area (Å²) in [6.07, 6.45) is 67.5. The zero-order valence-corrected chi connectivity index (χ0v) is 42.7. The first kappa shape index (κ1) is 61.9. The predicted molar refractivity (Wildman–Crippen MR) is 279 cm³/mol. The van der Waals surface area contributed by atoms with Crippen molar-refractivity contribution >= 4 is 17.9 Å². The molecular weight excluding hydrogens is 805 g/mol. The molecule has 1 atom stereocenters. The highest BCUT2D eigenvalue weighted by atomic mass is 16.6. The summed E-state index contributed by atoms with van der Waals surface area (Å²) in [6.45, 7) is 6.45. The van der Waals surface area contributed by atoms with Crippen molar-refractivity contribution in [3.63, 3.8) is 0 Å². The Labute approximate surface area is 402 Å². The fourth-order valence-electron chi connectivity index (χ4n) is 7.59. The second kappa shape index (κ2) is 53.5. The monoisotopic (exact) mass is 907 g/mol. The fraction of sp³-hybridized carbons (Fsp3) is 0.746. The molecule has 0 saturated carbocycles. The first-order chi connectivity index (χ1) is 32.0. The highest BCUT2D eigenvalue weighted by Gasteiger charge is 2.19. The van der Waals surface area contributed by atoms with Crippen LogP contribution in [-0.2, 0) is 28.6 Å². The van der Waals surface area contributed by atoms with E-state index < -0.39 is 6.10 Å². The Balaban J connectivity index is 4.37. The van der Waals surface area contributed by atoms with Gasteiger partial charge in [-0.05, 0) is 77.0 Å². The normalized spacial score (nSPS) is 12.6. The van der Waals surface area contributed by atoms with Crippen LogP contribution in [0.1, 0.15) is 265 Å². The Morgan fingerprint density at radius 1 is 0.338 bits per heavy atom. The van der Waals surface area contributed by atoms with Crippen molar-refractivity contribution in [3.8, 4) is 0 Å². The molecule has 0 N–H and O–H groups in total. The van der Waals surface area contributed by atoms with Gasteiger partial charge in [0.2, 0.25) is 0 Å². The van der Waals surface area contributed by atoms with E-state index in [-0.39, 0.29) is 31.1 Å². The Bertz CT molecular complexity index is 1230. The van der Waals surface area contributed by atoms with Gasteiger partial charge in [0.05, 0.1) is 0 Å². The number of allylic oxidation sites excluding steroid dienone is 12. The molecule has 0 amide bonds. The van der Waals surface area contributed by atoms with Crippen LogP contribution < -0.4 is 0 Å². The van der Waals surface area contributed by atoms with Crippen molar-refractivity contribution in [2.24, 2.45) is 0 Å². The summed E-state index contributed by atoms with van der Waals surface area (Å²) in [5, 5.41) is 0. The van der Waals surface area contributed by atoms with Gasteiger partial charge in [-0.15, -0.1) is 0 Å². The lowest BCUT2D eigenvalue weighted by Crippen LogP contribution is -2.30. The zero-order valence-electron chi connectivity index (χ0n) is 42.7. The van der Waals surface area contributed by atoms with Gasteiger partial charge in [-0.1, -0.05) is 241 Å². The van der Waals surface area contributed by atoms with E-state index in [1.165, 1.54) is 122 Å². The maximum absolute atomic E-state index is 12.8. The van der Waals surface area contributed by atoms with Crippen LogP contribution in [0.25, 0.3) is 0 Å². The quantitative estimate of drug-likeness (QED) is 0.0199. The molecular formula is C59H102O6. The fourth-order valence-corrected chi connectivity index (χ4v) is 7.59. The Morgan fingerprint density at radius 3 is 1.09 bits per heavy atom. The second-order valence-electron chi connectivity index (χ2n) is 18.1. The maximum atomic E-state index is 12.8. The lowest BCUT2D eigenvalue weighted by molar-refractivity contribution is -0.167. The minimum absolute atomic E-state index is 0.0899. The lowest BCUT2D eigenvalue weighted by Gasteiger charge is -2.18. The average Bonchev–Trinajstić information content (AvgIpc) is 3.30. The highest BCUT2D eigenvalue weighted by molar-refractivity contribution is 5.71. The first-order valence-corrected chi connectivity index (χ1v) is 27.5. The smallest absolute Gasteiger partial charge is 0.306 e. The minimum atomic E-state index is -0.790. The predicted octanol–water partition coefficient (Wildman–Crippen LogP) is 18.2. The van der Waals surface area contributed by atoms with Gasteiger partial charge in [-0.2, -0.15) is 0 Å². The van der Waals surface area contributed by atoms with Crippen molar-refractivity contribution in [1.82, 2.24) is 0 Å². The summed E-state index contributed by atoms with van der Waals surface area (Å²) in [7, 11) is 0. The zero-order chi connectivity index (χ0) is 47.2. The molecule has 0 spiro atoms. The van der Waals surface area contributed by atoms with Crippen LogP contribution in [0.15, 0.2) is 72.9 Å². The van der Waals surface area contributed by atoms with Crippen LogP contribution in [0, 0.1) is 0 Å². The van der Waals surface area contributed by atoms with Gasteiger partial charge in [0.1, 0.15) is 13.2 Å². The summed E-state index contributed by atoms with van der Waals surface area (Å²) >= 11 is 0. The summed E-state index contributed by atoms with van der Waals surface area (Å²) < 4.78 is 16.8. The van der Waals surface area contributed by atoms with Gasteiger partial charge < -0.3 is 14.2 Å². The molecule has 0 aromatic rings. The van der Waals surface area contributed by atoms with Crippen LogP contribution in [0.2, 0.25) is 0 Å². The molecule has 0 bridgehead atoms. The standard InChI is InChI=1S/C59H102O6/c1-4-7-10-13-16-19-22-24-26-28-29-31-32-34-37-40-43-46-49-52-58(61)64-55-56(54-63-57(60)51-48-45-42-39-36-21-18-15-12-9-6-3)65-59(62)53-50-47-44-41-38-35-33-30-27-25-23-20-17-14-11-8-5-2/h7,10,15-16,18-19,21,24,26,29,31,36,56H,4-6,8-9,11-14,17,20,22-23,25,27-28,30,32-35,37-55H2,1-3H3/b10-7-,18-15-,19-16-,26-24-,31-29-,36-21-. The van der Waals surface area contributed by atoms with Crippen LogP contribution in [0.3, 0.4) is 0 Å². The molecule has 65 heavy (non-hydrogen) atoms. The molecule has 1 unspecified atom stereocenters. The molecule has 0 saturated heterocycles. The topological polar surface area (TPSA) is 78.9 Å². The number of ether oxygens (including phenoxy) is 3. The molecule has 6 nitrogen and oxygen atoms in total. The van der Waals surface area contributed by atoms with Crippen molar-refractivity contribution < 1.29 is 28.6 Å². The summed E-state index contributed by atoms with van der Waals surface area (Å²) in [5.41, 5.74) is 0. The SMILES string of the molecule is CC/C=C\C/C=C\C/C=C\C/C=C\CCCCCCCCC(=O)OCC(COC(=O)CCCCC/C=C\C=C/CCCC)OC(=O)CCCCCCCCCCCCCCCCCCC. The van der Waals surface area contributed by atoms with Crippen molar-refractivity contribution in [2.45, 2.75) is 271 Å². The summed E-state index contributed by atoms with van der Waals surface area (Å²) in [4.78, 5) is 38.0. The van der Waals surface area contributed by atoms with E-state index >= 15 is 0 Å². The largest absolute Gasteiger partial charge is 0.462 e. The maximum Gasteiger partial charge on any atom is 0.306 e. The van der Waals surface area contributed by atoms with Gasteiger partial charge in [-0.25, -0.2) is 0 Å². The van der Waals surface area contributed by atoms with Crippen LogP contribution in [0.5, 0.6) is 0 Å². The van der Waals surface area contributed by atoms with E-state index in [0.717, 1.165) is 103 Å². The van der Waals surface area contributed by atoms with Gasteiger partial charge >= 0.3 is 17.9 Å². The third-order valence-electron chi connectivity index (χ3n) is 11.7. The van der Waals surface area contributed by atoms with E-state index in [1.807, 2.05) is 0 Å². The van der Waals surface area contributed by atoms with Crippen LogP contribution >= 0.6 is 0 Å². The van der Waals surface area contributed by atoms with Gasteiger partial charge in [0.15, 0.2) is 6.10 Å². The average molecular weight is 907 g/mol. The Kier molecular flexibility index (Phi) is 50.9. The molecule has 0 aliphatic heterocycles. The number of hydrogen-bond donors (Lipinski definition) is 0. The third-order valence-corrected chi connectivity index (χ3v) is 11.7. The van der Waals surface area contributed by atoms with Gasteiger partial charge in [0, 0.05) is 19.3 Å². The number of hydrogen-bond acceptors (Lipinski definition) is 6. The Hall–Kier alpha value is -3.15. The number of unbranched alkanes of at least 4 members (excludes halogenated alkanes) is 27. The molecule has 0 fully saturated rings. The molecule has 0 heterocycles. The van der Waals surface area contributed by atoms with Crippen LogP contribution in [0.4, 0.5) is 0 Å². The molecule has 0 aromatic heterocycles. The minimum Gasteiger partial charge on any atom is -0.462 e. The van der Waals surface area contributed by atoms with E-state index in [1.54, 1.807) is 0 Å². The summed E-state index contributed by atoms with van der Waals surface area (Å²) in [5.74, 6) is -0.924. The van der Waals surface area contributed by atoms with E-state index in [9.17, 15) is 14.4 Å². The second-order valence-corrected chi connectivity index (χ2v) is 18.1. The van der Waals surface area contributed by atoms with E-state index in [0.29, 0.717) is 19.3 Å². The van der Waals surface area contributed by atoms with E-state index in [2.05, 4.69) is 93.7 Å². The van der Waals surface area contributed by atoms with Gasteiger partial charge in [-0.3, -0.25) is 14.4 Å². The number of carbonyl (C=O) groups is 3. The highest BCUT2D eigenvalue weighted by Crippen LogP contribution is 2.16. The number of esters is 3. The molecule has 0 aliphatic carbocycles. The lowest BCUT2D eigenvalue weighted by atomic mass is 10.0. The molecule has 0 radical (unpaired) electrons. The molecule has 374 valence electrons. The molecule has 6 heteroatoms. The van der Waals surface area contributed by atoms with Crippen molar-refractivity contribution in [3.05, 3.63) is 72.9 Å². The molecule has 0 aliphatic rings. The van der Waals surface area contributed by atoms with Gasteiger partial charge in [0.25, 0.3) is 0 Å². The first-order valence-electron chi connectivity index (χ1n) is 27.5. The van der Waals surface area contributed by atoms with E-state index in [4.69, 9.17) is 14.2 Å². The third kappa shape index (κ3) is 51.7. The van der Waals surface area contributed by atoms with Crippen molar-refractivity contribution in [1.29, 1.82) is 0 Å². The summed E-state index contributed by atoms with van der Waals surface area (Å²) in [6, 6.07) is 0.